The molecule has 0 bridgehead atoms. The average Bonchev–Trinajstić information content (AvgIpc) is 2.84. The zero-order chi connectivity index (χ0) is 14.4. The summed E-state index contributed by atoms with van der Waals surface area (Å²) in [7, 11) is 0. The van der Waals surface area contributed by atoms with Crippen molar-refractivity contribution in [2.75, 3.05) is 6.54 Å². The maximum absolute atomic E-state index is 4.27. The molecule has 0 spiro atoms. The number of nitrogens with zero attached hydrogens (tertiary/aromatic N) is 3. The highest BCUT2D eigenvalue weighted by Gasteiger charge is 2.09. The molecule has 0 aliphatic rings. The van der Waals surface area contributed by atoms with Gasteiger partial charge in [0.05, 0.1) is 12.0 Å². The molecule has 0 N–H and O–H groups in total. The predicted octanol–water partition coefficient (Wildman–Crippen LogP) is 3.49. The van der Waals surface area contributed by atoms with Gasteiger partial charge in [-0.3, -0.25) is 4.90 Å². The topological polar surface area (TPSA) is 21.1 Å². The van der Waals surface area contributed by atoms with E-state index in [2.05, 4.69) is 64.8 Å². The molecule has 2 rings (SSSR count). The van der Waals surface area contributed by atoms with Crippen LogP contribution in [-0.4, -0.2) is 27.0 Å². The minimum atomic E-state index is 0.569. The lowest BCUT2D eigenvalue weighted by Crippen LogP contribution is -2.31. The number of hydrogen-bond donors (Lipinski definition) is 0. The van der Waals surface area contributed by atoms with Crippen LogP contribution in [0, 0.1) is 6.92 Å². The third kappa shape index (κ3) is 4.49. The van der Waals surface area contributed by atoms with Crippen LogP contribution in [0.15, 0.2) is 42.9 Å². The summed E-state index contributed by atoms with van der Waals surface area (Å²) in [6.07, 6.45) is 5.18. The van der Waals surface area contributed by atoms with E-state index in [9.17, 15) is 0 Å². The van der Waals surface area contributed by atoms with E-state index in [1.165, 1.54) is 5.56 Å². The van der Waals surface area contributed by atoms with E-state index in [0.717, 1.165) is 31.7 Å². The fourth-order valence-electron chi connectivity index (χ4n) is 2.39. The van der Waals surface area contributed by atoms with Crippen molar-refractivity contribution in [1.82, 2.24) is 14.5 Å². The number of hydrogen-bond acceptors (Lipinski definition) is 2. The van der Waals surface area contributed by atoms with E-state index in [-0.39, 0.29) is 0 Å². The second kappa shape index (κ2) is 7.25. The van der Waals surface area contributed by atoms with Crippen molar-refractivity contribution in [3.63, 3.8) is 0 Å². The van der Waals surface area contributed by atoms with Gasteiger partial charge in [-0.15, -0.1) is 0 Å². The Bertz CT molecular complexity index is 502. The van der Waals surface area contributed by atoms with Crippen molar-refractivity contribution in [3.8, 4) is 0 Å². The van der Waals surface area contributed by atoms with Crippen LogP contribution in [-0.2, 0) is 13.1 Å². The molecule has 0 atom stereocenters. The van der Waals surface area contributed by atoms with Crippen LogP contribution in [0.2, 0.25) is 0 Å². The van der Waals surface area contributed by atoms with Crippen LogP contribution in [0.3, 0.4) is 0 Å². The summed E-state index contributed by atoms with van der Waals surface area (Å²) in [6, 6.07) is 11.3. The molecular weight excluding hydrogens is 246 g/mol. The smallest absolute Gasteiger partial charge is 0.0949 e. The Balaban J connectivity index is 1.83. The van der Waals surface area contributed by atoms with Crippen molar-refractivity contribution in [1.29, 1.82) is 0 Å². The van der Waals surface area contributed by atoms with E-state index >= 15 is 0 Å². The normalized spacial score (nSPS) is 11.4. The average molecular weight is 271 g/mol. The van der Waals surface area contributed by atoms with Crippen LogP contribution < -0.4 is 0 Å². The van der Waals surface area contributed by atoms with Gasteiger partial charge >= 0.3 is 0 Å². The number of aryl methyl sites for hydroxylation is 2. The highest BCUT2D eigenvalue weighted by Crippen LogP contribution is 2.09. The second-order valence-electron chi connectivity index (χ2n) is 5.66. The van der Waals surface area contributed by atoms with Crippen molar-refractivity contribution in [3.05, 3.63) is 54.1 Å². The molecule has 108 valence electrons. The molecule has 1 heterocycles. The van der Waals surface area contributed by atoms with E-state index < -0.39 is 0 Å². The molecular formula is C17H25N3. The Morgan fingerprint density at radius 1 is 1.20 bits per heavy atom. The summed E-state index contributed by atoms with van der Waals surface area (Å²) in [5.41, 5.74) is 2.48. The Morgan fingerprint density at radius 2 is 1.95 bits per heavy atom. The Hall–Kier alpha value is -1.61. The minimum Gasteiger partial charge on any atom is -0.337 e. The molecule has 2 aromatic rings. The van der Waals surface area contributed by atoms with Crippen molar-refractivity contribution < 1.29 is 0 Å². The van der Waals surface area contributed by atoms with Crippen LogP contribution in [0.1, 0.15) is 31.5 Å². The molecule has 0 saturated heterocycles. The molecule has 0 aliphatic carbocycles. The molecule has 20 heavy (non-hydrogen) atoms. The van der Waals surface area contributed by atoms with Crippen molar-refractivity contribution >= 4 is 0 Å². The third-order valence-corrected chi connectivity index (χ3v) is 3.58. The molecule has 1 aromatic heterocycles. The molecule has 0 unspecified atom stereocenters. The summed E-state index contributed by atoms with van der Waals surface area (Å²) < 4.78 is 2.18. The Kier molecular flexibility index (Phi) is 5.36. The first-order chi connectivity index (χ1) is 9.65. The SMILES string of the molecule is Cc1cn(CCCN(Cc2ccccc2)C(C)C)cn1. The first-order valence-corrected chi connectivity index (χ1v) is 7.41. The molecule has 3 nitrogen and oxygen atoms in total. The lowest BCUT2D eigenvalue weighted by atomic mass is 10.2. The summed E-state index contributed by atoms with van der Waals surface area (Å²) >= 11 is 0. The molecule has 0 saturated carbocycles. The summed E-state index contributed by atoms with van der Waals surface area (Å²) in [5, 5.41) is 0. The molecule has 0 radical (unpaired) electrons. The molecule has 0 amide bonds. The lowest BCUT2D eigenvalue weighted by Gasteiger charge is -2.26. The third-order valence-electron chi connectivity index (χ3n) is 3.58. The molecule has 0 fully saturated rings. The van der Waals surface area contributed by atoms with Gasteiger partial charge in [-0.25, -0.2) is 4.98 Å². The summed E-state index contributed by atoms with van der Waals surface area (Å²) in [6.45, 7) is 9.75. The first-order valence-electron chi connectivity index (χ1n) is 7.41. The zero-order valence-corrected chi connectivity index (χ0v) is 12.8. The fraction of sp³-hybridized carbons (Fsp3) is 0.471. The maximum Gasteiger partial charge on any atom is 0.0949 e. The largest absolute Gasteiger partial charge is 0.337 e. The van der Waals surface area contributed by atoms with Crippen LogP contribution in [0.25, 0.3) is 0 Å². The fourth-order valence-corrected chi connectivity index (χ4v) is 2.39. The Morgan fingerprint density at radius 3 is 2.55 bits per heavy atom. The summed E-state index contributed by atoms with van der Waals surface area (Å²) in [5.74, 6) is 0. The van der Waals surface area contributed by atoms with Crippen molar-refractivity contribution in [2.24, 2.45) is 0 Å². The second-order valence-corrected chi connectivity index (χ2v) is 5.66. The van der Waals surface area contributed by atoms with E-state index in [0.29, 0.717) is 6.04 Å². The predicted molar refractivity (Wildman–Crippen MR) is 83.6 cm³/mol. The monoisotopic (exact) mass is 271 g/mol. The highest BCUT2D eigenvalue weighted by molar-refractivity contribution is 5.14. The van der Waals surface area contributed by atoms with Gasteiger partial charge in [-0.1, -0.05) is 30.3 Å². The van der Waals surface area contributed by atoms with Gasteiger partial charge in [0.1, 0.15) is 0 Å². The van der Waals surface area contributed by atoms with Gasteiger partial charge in [0.15, 0.2) is 0 Å². The van der Waals surface area contributed by atoms with Gasteiger partial charge in [0.25, 0.3) is 0 Å². The van der Waals surface area contributed by atoms with E-state index in [1.807, 2.05) is 13.3 Å². The minimum absolute atomic E-state index is 0.569. The zero-order valence-electron chi connectivity index (χ0n) is 12.8. The first kappa shape index (κ1) is 14.8. The van der Waals surface area contributed by atoms with Gasteiger partial charge in [0.2, 0.25) is 0 Å². The van der Waals surface area contributed by atoms with Gasteiger partial charge < -0.3 is 4.57 Å². The van der Waals surface area contributed by atoms with E-state index in [1.54, 1.807) is 0 Å². The Labute approximate surface area is 122 Å². The maximum atomic E-state index is 4.27. The molecule has 0 aliphatic heterocycles. The van der Waals surface area contributed by atoms with Crippen LogP contribution in [0.4, 0.5) is 0 Å². The quantitative estimate of drug-likeness (QED) is 0.768. The van der Waals surface area contributed by atoms with Crippen molar-refractivity contribution in [2.45, 2.75) is 46.3 Å². The lowest BCUT2D eigenvalue weighted by molar-refractivity contribution is 0.206. The molecule has 1 aromatic carbocycles. The number of benzene rings is 1. The van der Waals surface area contributed by atoms with Gasteiger partial charge in [-0.05, 0) is 32.8 Å². The van der Waals surface area contributed by atoms with E-state index in [4.69, 9.17) is 0 Å². The highest BCUT2D eigenvalue weighted by atomic mass is 15.1. The number of rotatable bonds is 7. The number of aromatic nitrogens is 2. The summed E-state index contributed by atoms with van der Waals surface area (Å²) in [4.78, 5) is 6.79. The van der Waals surface area contributed by atoms with Crippen LogP contribution in [0.5, 0.6) is 0 Å². The molecule has 3 heteroatoms. The number of imidazole rings is 1. The standard InChI is InChI=1S/C17H25N3/c1-15(2)20(13-17-8-5-4-6-9-17)11-7-10-19-12-16(3)18-14-19/h4-6,8-9,12,14-15H,7,10-11,13H2,1-3H3. The van der Waals surface area contributed by atoms with Gasteiger partial charge in [-0.2, -0.15) is 0 Å². The van der Waals surface area contributed by atoms with Crippen LogP contribution >= 0.6 is 0 Å². The van der Waals surface area contributed by atoms with Gasteiger partial charge in [0, 0.05) is 31.9 Å².